The number of nitrogens with zero attached hydrogens (tertiary/aromatic N) is 1. The fourth-order valence-corrected chi connectivity index (χ4v) is 1.13. The van der Waals surface area contributed by atoms with Crippen molar-refractivity contribution in [3.63, 3.8) is 0 Å². The van der Waals surface area contributed by atoms with E-state index in [1.807, 2.05) is 0 Å². The van der Waals surface area contributed by atoms with E-state index in [0.29, 0.717) is 0 Å². The van der Waals surface area contributed by atoms with Gasteiger partial charge in [-0.05, 0) is 5.57 Å². The predicted octanol–water partition coefficient (Wildman–Crippen LogP) is 1.65. The Kier molecular flexibility index (Phi) is 2.53. The lowest BCUT2D eigenvalue weighted by molar-refractivity contribution is -0.118. The van der Waals surface area contributed by atoms with Crippen LogP contribution < -0.4 is 5.43 Å². The molecule has 0 saturated heterocycles. The normalized spacial score (nSPS) is 20.1. The number of alkyl halides is 4. The van der Waals surface area contributed by atoms with Crippen LogP contribution in [0.5, 0.6) is 0 Å². The molecule has 0 bridgehead atoms. The molecule has 6 heteroatoms. The molecule has 2 nitrogen and oxygen atoms in total. The molecule has 0 fully saturated rings. The molecule has 1 radical (unpaired) electrons. The number of halogens is 4. The Morgan fingerprint density at radius 3 is 2.50 bits per heavy atom. The summed E-state index contributed by atoms with van der Waals surface area (Å²) in [5.41, 5.74) is 2.20. The van der Waals surface area contributed by atoms with Crippen LogP contribution in [0.4, 0.5) is 13.2 Å². The Balaban J connectivity index is 2.76. The van der Waals surface area contributed by atoms with Gasteiger partial charge < -0.3 is 5.01 Å². The second-order valence-corrected chi connectivity index (χ2v) is 2.65. The summed E-state index contributed by atoms with van der Waals surface area (Å²) in [5.74, 6) is -0.147. The van der Waals surface area contributed by atoms with Crippen molar-refractivity contribution in [2.24, 2.45) is 0 Å². The smallest absolute Gasteiger partial charge is 0.317 e. The summed E-state index contributed by atoms with van der Waals surface area (Å²) in [6, 6.07) is -0.778. The summed E-state index contributed by atoms with van der Waals surface area (Å²) in [4.78, 5) is 0. The number of hydrazine groups is 1. The molecule has 1 aliphatic rings. The molecule has 0 amide bonds. The van der Waals surface area contributed by atoms with Crippen LogP contribution in [0.3, 0.4) is 0 Å². The minimum absolute atomic E-state index is 0.0617. The zero-order valence-corrected chi connectivity index (χ0v) is 7.00. The quantitative estimate of drug-likeness (QED) is 0.646. The van der Waals surface area contributed by atoms with Crippen molar-refractivity contribution in [3.8, 4) is 0 Å². The van der Waals surface area contributed by atoms with Crippen molar-refractivity contribution >= 4 is 11.6 Å². The maximum Gasteiger partial charge on any atom is 0.414 e. The van der Waals surface area contributed by atoms with Gasteiger partial charge in [0.1, 0.15) is 0 Å². The molecular formula is C6H7ClF3N2. The molecule has 12 heavy (non-hydrogen) atoms. The Hall–Kier alpha value is -0.420. The third-order valence-electron chi connectivity index (χ3n) is 1.39. The molecule has 1 N–H and O–H groups in total. The Morgan fingerprint density at radius 2 is 2.17 bits per heavy atom. The van der Waals surface area contributed by atoms with E-state index in [1.54, 1.807) is 0 Å². The Labute approximate surface area is 72.9 Å². The lowest BCUT2D eigenvalue weighted by Gasteiger charge is -2.17. The number of hydrogen-bond acceptors (Lipinski definition) is 2. The molecule has 69 valence electrons. The van der Waals surface area contributed by atoms with Gasteiger partial charge in [0.2, 0.25) is 0 Å². The second-order valence-electron chi connectivity index (χ2n) is 2.38. The van der Waals surface area contributed by atoms with E-state index in [1.165, 1.54) is 18.3 Å². The van der Waals surface area contributed by atoms with Gasteiger partial charge in [-0.25, -0.2) is 5.43 Å². The number of nitrogens with one attached hydrogen (secondary N) is 1. The highest BCUT2D eigenvalue weighted by atomic mass is 35.5. The predicted molar refractivity (Wildman–Crippen MR) is 39.0 cm³/mol. The van der Waals surface area contributed by atoms with Crippen molar-refractivity contribution in [1.29, 1.82) is 0 Å². The SMILES string of the molecule is CN1C=C(CCl)[C](C(F)(F)F)N1. The highest BCUT2D eigenvalue weighted by Crippen LogP contribution is 2.35. The van der Waals surface area contributed by atoms with Crippen LogP contribution in [-0.2, 0) is 0 Å². The maximum atomic E-state index is 12.1. The average molecular weight is 200 g/mol. The van der Waals surface area contributed by atoms with Gasteiger partial charge in [0.25, 0.3) is 0 Å². The lowest BCUT2D eigenvalue weighted by atomic mass is 10.1. The maximum absolute atomic E-state index is 12.1. The molecule has 0 atom stereocenters. The van der Waals surface area contributed by atoms with Crippen LogP contribution in [0.25, 0.3) is 0 Å². The third-order valence-corrected chi connectivity index (χ3v) is 1.67. The van der Waals surface area contributed by atoms with Gasteiger partial charge in [-0.3, -0.25) is 0 Å². The van der Waals surface area contributed by atoms with Crippen molar-refractivity contribution in [2.45, 2.75) is 6.18 Å². The monoisotopic (exact) mass is 199 g/mol. The summed E-state index contributed by atoms with van der Waals surface area (Å²) >= 11 is 5.32. The summed E-state index contributed by atoms with van der Waals surface area (Å²) in [6.07, 6.45) is -3.04. The fraction of sp³-hybridized carbons (Fsp3) is 0.500. The minimum Gasteiger partial charge on any atom is -0.317 e. The first-order valence-electron chi connectivity index (χ1n) is 3.16. The van der Waals surface area contributed by atoms with E-state index in [4.69, 9.17) is 11.6 Å². The molecule has 0 aliphatic carbocycles. The van der Waals surface area contributed by atoms with Gasteiger partial charge in [-0.2, -0.15) is 13.2 Å². The summed E-state index contributed by atoms with van der Waals surface area (Å²) < 4.78 is 36.4. The summed E-state index contributed by atoms with van der Waals surface area (Å²) in [7, 11) is 1.48. The second kappa shape index (κ2) is 3.14. The van der Waals surface area contributed by atoms with Gasteiger partial charge >= 0.3 is 6.18 Å². The molecule has 0 spiro atoms. The van der Waals surface area contributed by atoms with Crippen molar-refractivity contribution in [1.82, 2.24) is 10.4 Å². The molecule has 0 aromatic carbocycles. The number of hydrogen-bond donors (Lipinski definition) is 1. The van der Waals surface area contributed by atoms with Crippen LogP contribution >= 0.6 is 11.6 Å². The summed E-state index contributed by atoms with van der Waals surface area (Å²) in [6.45, 7) is 0. The molecule has 0 aromatic rings. The van der Waals surface area contributed by atoms with E-state index in [0.717, 1.165) is 0 Å². The standard InChI is InChI=1S/C6H7ClF3N2/c1-12-3-4(2-7)5(11-12)6(8,9)10/h3,11H,2H2,1H3. The fourth-order valence-electron chi connectivity index (χ4n) is 0.925. The Morgan fingerprint density at radius 1 is 1.58 bits per heavy atom. The zero-order chi connectivity index (χ0) is 9.35. The van der Waals surface area contributed by atoms with Gasteiger partial charge in [-0.15, -0.1) is 11.6 Å². The van der Waals surface area contributed by atoms with Crippen LogP contribution in [0, 0.1) is 6.04 Å². The van der Waals surface area contributed by atoms with Gasteiger partial charge in [0.15, 0.2) is 6.04 Å². The average Bonchev–Trinajstić information content (AvgIpc) is 2.29. The van der Waals surface area contributed by atoms with Crippen LogP contribution in [0.15, 0.2) is 11.8 Å². The van der Waals surface area contributed by atoms with Gasteiger partial charge in [-0.1, -0.05) is 0 Å². The van der Waals surface area contributed by atoms with Crippen molar-refractivity contribution in [2.75, 3.05) is 12.9 Å². The first-order valence-corrected chi connectivity index (χ1v) is 3.69. The van der Waals surface area contributed by atoms with E-state index >= 15 is 0 Å². The van der Waals surface area contributed by atoms with E-state index < -0.39 is 12.2 Å². The first kappa shape index (κ1) is 9.67. The Bertz CT molecular complexity index is 201. The van der Waals surface area contributed by atoms with E-state index in [9.17, 15) is 13.2 Å². The minimum atomic E-state index is -4.36. The van der Waals surface area contributed by atoms with Crippen LogP contribution in [-0.4, -0.2) is 24.1 Å². The van der Waals surface area contributed by atoms with Crippen molar-refractivity contribution < 1.29 is 13.2 Å². The molecule has 0 saturated carbocycles. The van der Waals surface area contributed by atoms with Crippen LogP contribution in [0.2, 0.25) is 0 Å². The van der Waals surface area contributed by atoms with Gasteiger partial charge in [0.05, 0.1) is 0 Å². The molecule has 0 unspecified atom stereocenters. The molecule has 1 heterocycles. The zero-order valence-electron chi connectivity index (χ0n) is 6.24. The molecule has 1 aliphatic heterocycles. The summed E-state index contributed by atoms with van der Waals surface area (Å²) in [5, 5.41) is 1.22. The van der Waals surface area contributed by atoms with Gasteiger partial charge in [0, 0.05) is 19.1 Å². The molecular weight excluding hydrogens is 193 g/mol. The van der Waals surface area contributed by atoms with Crippen LogP contribution in [0.1, 0.15) is 0 Å². The molecule has 1 rings (SSSR count). The van der Waals surface area contributed by atoms with E-state index in [2.05, 4.69) is 5.43 Å². The number of rotatable bonds is 1. The first-order chi connectivity index (χ1) is 5.45. The third kappa shape index (κ3) is 1.84. The lowest BCUT2D eigenvalue weighted by Crippen LogP contribution is -2.37. The topological polar surface area (TPSA) is 15.3 Å². The largest absolute Gasteiger partial charge is 0.414 e. The van der Waals surface area contributed by atoms with Crippen molar-refractivity contribution in [3.05, 3.63) is 17.8 Å². The molecule has 0 aromatic heterocycles. The highest BCUT2D eigenvalue weighted by molar-refractivity contribution is 6.19. The highest BCUT2D eigenvalue weighted by Gasteiger charge is 2.46. The van der Waals surface area contributed by atoms with E-state index in [-0.39, 0.29) is 11.5 Å².